The number of nitrogens with zero attached hydrogens (tertiary/aromatic N) is 5. The number of alkyl halides is 2. The lowest BCUT2D eigenvalue weighted by Gasteiger charge is -2.44. The highest BCUT2D eigenvalue weighted by atomic mass is 35.5. The number of carbonyl (C=O) groups is 2. The van der Waals surface area contributed by atoms with Crippen LogP contribution in [0.2, 0.25) is 5.02 Å². The Kier molecular flexibility index (Phi) is 8.50. The number of pyridine rings is 2. The molecule has 1 fully saturated rings. The summed E-state index contributed by atoms with van der Waals surface area (Å²) >= 11 is 7.23. The molecule has 6 rings (SSSR count). The van der Waals surface area contributed by atoms with Crippen LogP contribution in [0.5, 0.6) is 11.5 Å². The molecule has 4 aromatic rings. The van der Waals surface area contributed by atoms with Gasteiger partial charge in [-0.15, -0.1) is 0 Å². The Labute approximate surface area is 265 Å². The van der Waals surface area contributed by atoms with Crippen LogP contribution in [-0.4, -0.2) is 70.6 Å². The fraction of sp³-hybridized carbons (Fsp3) is 0.233. The predicted octanol–water partition coefficient (Wildman–Crippen LogP) is 5.75. The molecule has 232 valence electrons. The average molecular weight is 654 g/mol. The zero-order chi connectivity index (χ0) is 31.7. The van der Waals surface area contributed by atoms with E-state index in [4.69, 9.17) is 21.1 Å². The molecule has 0 bridgehead atoms. The molecule has 2 amide bonds. The van der Waals surface area contributed by atoms with Gasteiger partial charge >= 0.3 is 6.61 Å². The van der Waals surface area contributed by atoms with Crippen LogP contribution in [-0.2, 0) is 4.79 Å². The van der Waals surface area contributed by atoms with Crippen molar-refractivity contribution in [2.24, 2.45) is 0 Å². The van der Waals surface area contributed by atoms with E-state index in [0.29, 0.717) is 59.8 Å². The molecular weight excluding hydrogens is 628 g/mol. The molecule has 5 heterocycles. The number of aromatic nitrogens is 3. The van der Waals surface area contributed by atoms with E-state index in [1.807, 2.05) is 13.0 Å². The van der Waals surface area contributed by atoms with Crippen molar-refractivity contribution in [1.82, 2.24) is 19.9 Å². The maximum Gasteiger partial charge on any atom is 0.387 e. The van der Waals surface area contributed by atoms with Gasteiger partial charge in [-0.2, -0.15) is 8.78 Å². The first-order valence-electron chi connectivity index (χ1n) is 13.8. The summed E-state index contributed by atoms with van der Waals surface area (Å²) in [7, 11) is 0. The van der Waals surface area contributed by atoms with E-state index in [9.17, 15) is 18.4 Å². The van der Waals surface area contributed by atoms with Crippen molar-refractivity contribution in [3.05, 3.63) is 76.9 Å². The first-order valence-corrected chi connectivity index (χ1v) is 15.0. The minimum atomic E-state index is -3.09. The predicted molar refractivity (Wildman–Crippen MR) is 167 cm³/mol. The Bertz CT molecular complexity index is 1770. The van der Waals surface area contributed by atoms with Gasteiger partial charge in [-0.05, 0) is 42.8 Å². The standard InChI is InChI=1S/C30H26ClF2N7O4S/c1-3-24(41)39-9-10-40-18(14-39)15-43-22-11-17(12-34-27(22)40)20-7-8-21(44-29(32)33)26(36-20)38-30-35-13-23(45-30)28(42)37-25-16(2)5-4-6-19(25)31/h3-8,11-13,18,29H,1,9-10,14-15H2,2H3,(H,37,42)(H,35,36,38). The lowest BCUT2D eigenvalue weighted by atomic mass is 10.1. The molecule has 2 N–H and O–H groups in total. The third kappa shape index (κ3) is 6.37. The van der Waals surface area contributed by atoms with E-state index in [-0.39, 0.29) is 33.5 Å². The van der Waals surface area contributed by atoms with Gasteiger partial charge in [0.25, 0.3) is 5.91 Å². The summed E-state index contributed by atoms with van der Waals surface area (Å²) < 4.78 is 37.2. The molecule has 0 aliphatic carbocycles. The highest BCUT2D eigenvalue weighted by Crippen LogP contribution is 2.38. The average Bonchev–Trinajstić information content (AvgIpc) is 3.51. The minimum absolute atomic E-state index is 0.0298. The monoisotopic (exact) mass is 653 g/mol. The molecule has 1 saturated heterocycles. The number of piperazine rings is 1. The van der Waals surface area contributed by atoms with Gasteiger partial charge in [0.05, 0.1) is 28.6 Å². The Hall–Kier alpha value is -4.82. The zero-order valence-corrected chi connectivity index (χ0v) is 25.4. The van der Waals surface area contributed by atoms with Crippen LogP contribution in [0.1, 0.15) is 15.2 Å². The first-order chi connectivity index (χ1) is 21.7. The van der Waals surface area contributed by atoms with Crippen LogP contribution in [0.4, 0.5) is 31.2 Å². The summed E-state index contributed by atoms with van der Waals surface area (Å²) in [5.41, 5.74) is 2.26. The van der Waals surface area contributed by atoms with E-state index in [1.165, 1.54) is 24.4 Å². The van der Waals surface area contributed by atoms with E-state index in [0.717, 1.165) is 16.9 Å². The molecule has 0 saturated carbocycles. The number of anilines is 4. The second-order valence-electron chi connectivity index (χ2n) is 10.2. The fourth-order valence-electron chi connectivity index (χ4n) is 5.08. The van der Waals surface area contributed by atoms with Crippen LogP contribution in [0.3, 0.4) is 0 Å². The number of nitrogens with one attached hydrogen (secondary N) is 2. The van der Waals surface area contributed by atoms with E-state index in [1.54, 1.807) is 29.3 Å². The quantitative estimate of drug-likeness (QED) is 0.229. The third-order valence-electron chi connectivity index (χ3n) is 7.29. The maximum atomic E-state index is 13.2. The number of hydrogen-bond acceptors (Lipinski definition) is 10. The first kappa shape index (κ1) is 30.2. The van der Waals surface area contributed by atoms with Gasteiger partial charge in [0.15, 0.2) is 28.3 Å². The topological polar surface area (TPSA) is 122 Å². The van der Waals surface area contributed by atoms with Gasteiger partial charge in [0, 0.05) is 31.4 Å². The third-order valence-corrected chi connectivity index (χ3v) is 8.52. The van der Waals surface area contributed by atoms with Gasteiger partial charge in [0.2, 0.25) is 5.91 Å². The molecule has 15 heteroatoms. The van der Waals surface area contributed by atoms with Crippen LogP contribution >= 0.6 is 22.9 Å². The van der Waals surface area contributed by atoms with E-state index < -0.39 is 12.5 Å². The lowest BCUT2D eigenvalue weighted by molar-refractivity contribution is -0.127. The molecule has 45 heavy (non-hydrogen) atoms. The summed E-state index contributed by atoms with van der Waals surface area (Å²) in [6.45, 7) is 4.26. The molecule has 2 aliphatic heterocycles. The number of benzene rings is 1. The van der Waals surface area contributed by atoms with Crippen LogP contribution in [0, 0.1) is 6.92 Å². The summed E-state index contributed by atoms with van der Waals surface area (Å²) in [5.74, 6) is 0.399. The van der Waals surface area contributed by atoms with Crippen molar-refractivity contribution in [2.45, 2.75) is 19.6 Å². The number of carbonyl (C=O) groups excluding carboxylic acids is 2. The van der Waals surface area contributed by atoms with Gasteiger partial charge in [-0.1, -0.05) is 41.6 Å². The molecule has 3 aromatic heterocycles. The van der Waals surface area contributed by atoms with E-state index >= 15 is 0 Å². The maximum absolute atomic E-state index is 13.2. The smallest absolute Gasteiger partial charge is 0.387 e. The lowest BCUT2D eigenvalue weighted by Crippen LogP contribution is -2.58. The summed E-state index contributed by atoms with van der Waals surface area (Å²) in [5, 5.41) is 6.30. The van der Waals surface area contributed by atoms with Gasteiger partial charge in [-0.25, -0.2) is 15.0 Å². The number of para-hydroxylation sites is 1. The second-order valence-corrected chi connectivity index (χ2v) is 11.6. The van der Waals surface area contributed by atoms with Crippen molar-refractivity contribution in [1.29, 1.82) is 0 Å². The number of thiazole rings is 1. The number of aryl methyl sites for hydroxylation is 1. The molecule has 0 spiro atoms. The molecule has 2 aliphatic rings. The Morgan fingerprint density at radius 2 is 2.07 bits per heavy atom. The highest BCUT2D eigenvalue weighted by molar-refractivity contribution is 7.17. The van der Waals surface area contributed by atoms with Crippen LogP contribution in [0.25, 0.3) is 11.3 Å². The van der Waals surface area contributed by atoms with Crippen LogP contribution in [0.15, 0.2) is 61.4 Å². The van der Waals surface area contributed by atoms with Crippen LogP contribution < -0.4 is 25.0 Å². The van der Waals surface area contributed by atoms with Crippen molar-refractivity contribution in [3.8, 4) is 22.8 Å². The number of ether oxygens (including phenoxy) is 2. The Balaban J connectivity index is 1.22. The minimum Gasteiger partial charge on any atom is -0.487 e. The number of amides is 2. The molecular formula is C30H26ClF2N7O4S. The highest BCUT2D eigenvalue weighted by Gasteiger charge is 2.35. The Morgan fingerprint density at radius 3 is 2.84 bits per heavy atom. The molecule has 1 unspecified atom stereocenters. The molecule has 1 aromatic carbocycles. The van der Waals surface area contributed by atoms with Crippen molar-refractivity contribution < 1.29 is 27.8 Å². The normalized spacial score (nSPS) is 15.5. The summed E-state index contributed by atoms with van der Waals surface area (Å²) in [4.78, 5) is 42.4. The summed E-state index contributed by atoms with van der Waals surface area (Å²) in [6.07, 6.45) is 4.28. The zero-order valence-electron chi connectivity index (χ0n) is 23.8. The summed E-state index contributed by atoms with van der Waals surface area (Å²) in [6, 6.07) is 9.90. The molecule has 1 atom stereocenters. The molecule has 11 nitrogen and oxygen atoms in total. The van der Waals surface area contributed by atoms with Gasteiger partial charge < -0.3 is 29.9 Å². The van der Waals surface area contributed by atoms with E-state index in [2.05, 4.69) is 37.1 Å². The number of hydrogen-bond donors (Lipinski definition) is 2. The van der Waals surface area contributed by atoms with Crippen molar-refractivity contribution in [2.75, 3.05) is 41.8 Å². The van der Waals surface area contributed by atoms with Gasteiger partial charge in [-0.3, -0.25) is 9.59 Å². The number of rotatable bonds is 8. The largest absolute Gasteiger partial charge is 0.487 e. The number of fused-ring (bicyclic) bond motifs is 3. The SMILES string of the molecule is C=CC(=O)N1CCN2c3ncc(-c4ccc(OC(F)F)c(Nc5ncc(C(=O)Nc6c(C)cccc6Cl)s5)n4)cc3OCC2C1. The molecule has 0 radical (unpaired) electrons. The van der Waals surface area contributed by atoms with Crippen molar-refractivity contribution in [3.63, 3.8) is 0 Å². The van der Waals surface area contributed by atoms with Gasteiger partial charge in [0.1, 0.15) is 11.5 Å². The Morgan fingerprint density at radius 1 is 1.22 bits per heavy atom. The van der Waals surface area contributed by atoms with Crippen molar-refractivity contribution >= 4 is 57.2 Å². The fourth-order valence-corrected chi connectivity index (χ4v) is 6.06. The second kappa shape index (κ2) is 12.7. The number of halogens is 3.